The lowest BCUT2D eigenvalue weighted by Gasteiger charge is -2.08. The number of hydrogen-bond donors (Lipinski definition) is 2. The number of halogens is 2. The van der Waals surface area contributed by atoms with Crippen molar-refractivity contribution in [2.45, 2.75) is 6.54 Å². The van der Waals surface area contributed by atoms with Gasteiger partial charge in [-0.3, -0.25) is 4.79 Å². The van der Waals surface area contributed by atoms with Crippen LogP contribution in [0.2, 0.25) is 5.02 Å². The van der Waals surface area contributed by atoms with Crippen molar-refractivity contribution in [3.63, 3.8) is 0 Å². The molecule has 0 aliphatic rings. The Morgan fingerprint density at radius 2 is 2.05 bits per heavy atom. The minimum Gasteiger partial charge on any atom is -0.381 e. The van der Waals surface area contributed by atoms with Crippen LogP contribution in [0.15, 0.2) is 42.5 Å². The molecule has 0 aliphatic heterocycles. The maximum absolute atomic E-state index is 13.0. The van der Waals surface area contributed by atoms with Crippen molar-refractivity contribution in [1.82, 2.24) is 0 Å². The van der Waals surface area contributed by atoms with Gasteiger partial charge in [0.1, 0.15) is 5.82 Å². The third-order valence-electron chi connectivity index (χ3n) is 2.62. The molecular formula is C14H12ClFN2O. The molecule has 0 fully saturated rings. The summed E-state index contributed by atoms with van der Waals surface area (Å²) in [5.41, 5.74) is 6.96. The molecule has 1 amide bonds. The van der Waals surface area contributed by atoms with Gasteiger partial charge in [-0.25, -0.2) is 4.39 Å². The lowest BCUT2D eigenvalue weighted by atomic mass is 10.1. The van der Waals surface area contributed by atoms with Gasteiger partial charge in [0.25, 0.3) is 0 Å². The molecule has 3 nitrogen and oxygen atoms in total. The summed E-state index contributed by atoms with van der Waals surface area (Å²) in [6.07, 6.45) is 0. The van der Waals surface area contributed by atoms with Crippen molar-refractivity contribution in [3.05, 3.63) is 64.4 Å². The highest BCUT2D eigenvalue weighted by Crippen LogP contribution is 2.20. The van der Waals surface area contributed by atoms with E-state index in [0.717, 1.165) is 5.56 Å². The van der Waals surface area contributed by atoms with E-state index in [1.165, 1.54) is 12.1 Å². The third kappa shape index (κ3) is 3.45. The number of hydrogen-bond acceptors (Lipinski definition) is 2. The smallest absolute Gasteiger partial charge is 0.250 e. The van der Waals surface area contributed by atoms with Crippen LogP contribution in [0.25, 0.3) is 0 Å². The van der Waals surface area contributed by atoms with Crippen LogP contribution < -0.4 is 11.1 Å². The van der Waals surface area contributed by atoms with Gasteiger partial charge in [-0.2, -0.15) is 0 Å². The normalized spacial score (nSPS) is 10.2. The molecule has 0 saturated carbocycles. The van der Waals surface area contributed by atoms with Gasteiger partial charge in [0, 0.05) is 12.2 Å². The molecule has 0 aliphatic carbocycles. The van der Waals surface area contributed by atoms with E-state index in [-0.39, 0.29) is 11.4 Å². The van der Waals surface area contributed by atoms with Gasteiger partial charge in [0.2, 0.25) is 5.91 Å². The second kappa shape index (κ2) is 5.71. The number of benzene rings is 2. The van der Waals surface area contributed by atoms with Crippen molar-refractivity contribution in [2.75, 3.05) is 5.32 Å². The first-order valence-corrected chi connectivity index (χ1v) is 6.02. The molecule has 2 aromatic rings. The number of rotatable bonds is 4. The third-order valence-corrected chi connectivity index (χ3v) is 2.95. The number of nitrogens with two attached hydrogens (primary N) is 1. The Labute approximate surface area is 115 Å². The van der Waals surface area contributed by atoms with E-state index in [4.69, 9.17) is 17.3 Å². The molecule has 0 bridgehead atoms. The van der Waals surface area contributed by atoms with E-state index in [0.29, 0.717) is 17.3 Å². The van der Waals surface area contributed by atoms with E-state index in [2.05, 4.69) is 5.32 Å². The van der Waals surface area contributed by atoms with Crippen LogP contribution in [0.4, 0.5) is 10.1 Å². The van der Waals surface area contributed by atoms with Gasteiger partial charge in [-0.15, -0.1) is 0 Å². The standard InChI is InChI=1S/C14H12ClFN2O/c15-13-5-4-11(7-12(13)14(17)19)18-8-9-2-1-3-10(16)6-9/h1-7,18H,8H2,(H2,17,19). The Hall–Kier alpha value is -2.07. The van der Waals surface area contributed by atoms with Crippen LogP contribution in [-0.2, 0) is 6.54 Å². The number of carbonyl (C=O) groups is 1. The lowest BCUT2D eigenvalue weighted by molar-refractivity contribution is 0.100. The van der Waals surface area contributed by atoms with E-state index >= 15 is 0 Å². The van der Waals surface area contributed by atoms with E-state index in [1.54, 1.807) is 30.3 Å². The highest BCUT2D eigenvalue weighted by atomic mass is 35.5. The zero-order chi connectivity index (χ0) is 13.8. The summed E-state index contributed by atoms with van der Waals surface area (Å²) in [6.45, 7) is 0.442. The molecule has 0 spiro atoms. The summed E-state index contributed by atoms with van der Waals surface area (Å²) in [5, 5.41) is 3.39. The second-order valence-corrected chi connectivity index (χ2v) is 4.45. The predicted octanol–water partition coefficient (Wildman–Crippen LogP) is 3.19. The maximum Gasteiger partial charge on any atom is 0.250 e. The van der Waals surface area contributed by atoms with Gasteiger partial charge in [-0.1, -0.05) is 23.7 Å². The Balaban J connectivity index is 2.12. The van der Waals surface area contributed by atoms with Crippen LogP contribution in [0.1, 0.15) is 15.9 Å². The van der Waals surface area contributed by atoms with Crippen molar-refractivity contribution in [2.24, 2.45) is 5.73 Å². The molecule has 0 atom stereocenters. The zero-order valence-corrected chi connectivity index (χ0v) is 10.7. The summed E-state index contributed by atoms with van der Waals surface area (Å²) < 4.78 is 13.0. The Morgan fingerprint density at radius 1 is 1.26 bits per heavy atom. The van der Waals surface area contributed by atoms with Crippen LogP contribution in [0.3, 0.4) is 0 Å². The van der Waals surface area contributed by atoms with Crippen molar-refractivity contribution >= 4 is 23.2 Å². The lowest BCUT2D eigenvalue weighted by Crippen LogP contribution is -2.12. The summed E-state index contributed by atoms with van der Waals surface area (Å²) in [7, 11) is 0. The maximum atomic E-state index is 13.0. The average molecular weight is 279 g/mol. The van der Waals surface area contributed by atoms with Crippen LogP contribution in [0.5, 0.6) is 0 Å². The van der Waals surface area contributed by atoms with E-state index < -0.39 is 5.91 Å². The first-order chi connectivity index (χ1) is 9.06. The molecule has 0 heterocycles. The number of nitrogens with one attached hydrogen (secondary N) is 1. The number of primary amides is 1. The van der Waals surface area contributed by atoms with Gasteiger partial charge in [0.05, 0.1) is 10.6 Å². The predicted molar refractivity (Wildman–Crippen MR) is 73.7 cm³/mol. The fourth-order valence-electron chi connectivity index (χ4n) is 1.68. The first-order valence-electron chi connectivity index (χ1n) is 5.64. The molecule has 2 aromatic carbocycles. The van der Waals surface area contributed by atoms with Crippen LogP contribution >= 0.6 is 11.6 Å². The molecule has 0 radical (unpaired) electrons. The second-order valence-electron chi connectivity index (χ2n) is 4.04. The Morgan fingerprint density at radius 3 is 2.74 bits per heavy atom. The largest absolute Gasteiger partial charge is 0.381 e. The Kier molecular flexibility index (Phi) is 4.02. The van der Waals surface area contributed by atoms with Crippen molar-refractivity contribution in [1.29, 1.82) is 0 Å². The molecule has 0 saturated heterocycles. The highest BCUT2D eigenvalue weighted by Gasteiger charge is 2.07. The van der Waals surface area contributed by atoms with Crippen LogP contribution in [-0.4, -0.2) is 5.91 Å². The van der Waals surface area contributed by atoms with Crippen LogP contribution in [0, 0.1) is 5.82 Å². The molecule has 5 heteroatoms. The number of anilines is 1. The fraction of sp³-hybridized carbons (Fsp3) is 0.0714. The summed E-state index contributed by atoms with van der Waals surface area (Å²) in [4.78, 5) is 11.2. The van der Waals surface area contributed by atoms with Crippen molar-refractivity contribution in [3.8, 4) is 0 Å². The molecule has 0 unspecified atom stereocenters. The quantitative estimate of drug-likeness (QED) is 0.902. The molecule has 98 valence electrons. The average Bonchev–Trinajstić information content (AvgIpc) is 2.37. The van der Waals surface area contributed by atoms with Gasteiger partial charge in [0.15, 0.2) is 0 Å². The monoisotopic (exact) mass is 278 g/mol. The zero-order valence-electron chi connectivity index (χ0n) is 9.99. The first kappa shape index (κ1) is 13.4. The molecule has 0 aromatic heterocycles. The number of carbonyl (C=O) groups excluding carboxylic acids is 1. The SMILES string of the molecule is NC(=O)c1cc(NCc2cccc(F)c2)ccc1Cl. The van der Waals surface area contributed by atoms with E-state index in [9.17, 15) is 9.18 Å². The minimum atomic E-state index is -0.584. The number of amides is 1. The van der Waals surface area contributed by atoms with Crippen molar-refractivity contribution < 1.29 is 9.18 Å². The minimum absolute atomic E-state index is 0.255. The van der Waals surface area contributed by atoms with Gasteiger partial charge in [-0.05, 0) is 35.9 Å². The summed E-state index contributed by atoms with van der Waals surface area (Å²) in [5.74, 6) is -0.868. The fourth-order valence-corrected chi connectivity index (χ4v) is 1.89. The summed E-state index contributed by atoms with van der Waals surface area (Å²) >= 11 is 5.85. The highest BCUT2D eigenvalue weighted by molar-refractivity contribution is 6.33. The van der Waals surface area contributed by atoms with Gasteiger partial charge < -0.3 is 11.1 Å². The topological polar surface area (TPSA) is 55.1 Å². The van der Waals surface area contributed by atoms with Gasteiger partial charge >= 0.3 is 0 Å². The molecule has 19 heavy (non-hydrogen) atoms. The molecular weight excluding hydrogens is 267 g/mol. The van der Waals surface area contributed by atoms with E-state index in [1.807, 2.05) is 0 Å². The Bertz CT molecular complexity index is 616. The molecule has 3 N–H and O–H groups in total. The molecule has 2 rings (SSSR count). The summed E-state index contributed by atoms with van der Waals surface area (Å²) in [6, 6.07) is 11.2.